The van der Waals surface area contributed by atoms with Crippen molar-refractivity contribution < 1.29 is 0 Å². The molecule has 0 bridgehead atoms. The zero-order valence-corrected chi connectivity index (χ0v) is 10.9. The van der Waals surface area contributed by atoms with Gasteiger partial charge in [-0.3, -0.25) is 0 Å². The van der Waals surface area contributed by atoms with Crippen LogP contribution in [0.15, 0.2) is 42.4 Å². The van der Waals surface area contributed by atoms with Crippen molar-refractivity contribution in [2.75, 3.05) is 43.4 Å². The second kappa shape index (κ2) is 5.22. The molecule has 0 atom stereocenters. The van der Waals surface area contributed by atoms with Crippen LogP contribution in [0, 0.1) is 0 Å². The molecule has 1 aromatic heterocycles. The average Bonchev–Trinajstić information content (AvgIpc) is 2.49. The molecular formula is C14H19N5. The highest BCUT2D eigenvalue weighted by Crippen LogP contribution is 2.17. The Kier molecular flexibility index (Phi) is 3.27. The summed E-state index contributed by atoms with van der Waals surface area (Å²) in [6.45, 7) is 4.97. The van der Waals surface area contributed by atoms with Gasteiger partial charge in [0, 0.05) is 38.4 Å². The summed E-state index contributed by atoms with van der Waals surface area (Å²) in [4.78, 5) is 9.11. The monoisotopic (exact) mass is 257 g/mol. The van der Waals surface area contributed by atoms with Crippen LogP contribution in [0.25, 0.3) is 0 Å². The molecule has 0 aromatic carbocycles. The Morgan fingerprint density at radius 1 is 1.11 bits per heavy atom. The smallest absolute Gasteiger partial charge is 0.128 e. The molecule has 5 heteroatoms. The van der Waals surface area contributed by atoms with E-state index in [9.17, 15) is 0 Å². The number of dihydropyridines is 1. The van der Waals surface area contributed by atoms with E-state index in [1.54, 1.807) is 6.20 Å². The van der Waals surface area contributed by atoms with E-state index in [4.69, 9.17) is 5.73 Å². The van der Waals surface area contributed by atoms with Gasteiger partial charge in [-0.1, -0.05) is 0 Å². The fourth-order valence-electron chi connectivity index (χ4n) is 2.46. The van der Waals surface area contributed by atoms with Gasteiger partial charge in [-0.2, -0.15) is 0 Å². The van der Waals surface area contributed by atoms with Crippen molar-refractivity contribution in [1.29, 1.82) is 0 Å². The van der Waals surface area contributed by atoms with Crippen LogP contribution >= 0.6 is 0 Å². The van der Waals surface area contributed by atoms with E-state index >= 15 is 0 Å². The Labute approximate surface area is 113 Å². The number of nitrogens with two attached hydrogens (primary N) is 1. The summed E-state index contributed by atoms with van der Waals surface area (Å²) in [7, 11) is 0. The van der Waals surface area contributed by atoms with Crippen molar-refractivity contribution in [1.82, 2.24) is 15.2 Å². The van der Waals surface area contributed by atoms with Gasteiger partial charge in [0.15, 0.2) is 0 Å². The number of anilines is 2. The minimum Gasteiger partial charge on any atom is -0.397 e. The number of hydrogen-bond donors (Lipinski definition) is 2. The molecule has 1 aromatic rings. The van der Waals surface area contributed by atoms with Gasteiger partial charge < -0.3 is 20.9 Å². The van der Waals surface area contributed by atoms with Gasteiger partial charge in [0.25, 0.3) is 0 Å². The number of pyridine rings is 1. The molecule has 3 heterocycles. The van der Waals surface area contributed by atoms with Crippen molar-refractivity contribution in [3.05, 3.63) is 42.4 Å². The van der Waals surface area contributed by atoms with E-state index in [2.05, 4.69) is 32.3 Å². The first-order valence-corrected chi connectivity index (χ1v) is 6.64. The van der Waals surface area contributed by atoms with E-state index in [1.807, 2.05) is 18.3 Å². The summed E-state index contributed by atoms with van der Waals surface area (Å²) in [6.07, 6.45) is 8.11. The Balaban J connectivity index is 1.61. The molecule has 2 aliphatic heterocycles. The van der Waals surface area contributed by atoms with Crippen molar-refractivity contribution in [3.63, 3.8) is 0 Å². The highest BCUT2D eigenvalue weighted by atomic mass is 15.3. The molecule has 0 spiro atoms. The van der Waals surface area contributed by atoms with Crippen LogP contribution in [-0.2, 0) is 0 Å². The predicted molar refractivity (Wildman–Crippen MR) is 77.7 cm³/mol. The van der Waals surface area contributed by atoms with Gasteiger partial charge >= 0.3 is 0 Å². The largest absolute Gasteiger partial charge is 0.397 e. The van der Waals surface area contributed by atoms with Gasteiger partial charge in [-0.05, 0) is 30.5 Å². The number of hydrogen-bond acceptors (Lipinski definition) is 5. The van der Waals surface area contributed by atoms with Crippen LogP contribution in [0.2, 0.25) is 0 Å². The Hall–Kier alpha value is -2.17. The molecule has 5 nitrogen and oxygen atoms in total. The molecule has 1 fully saturated rings. The summed E-state index contributed by atoms with van der Waals surface area (Å²) < 4.78 is 0. The standard InChI is InChI=1S/C14H19N5/c15-12-1-2-14(17-11-12)19-9-7-18(8-10-19)13-3-5-16-6-4-13/h1-5,11,16H,6-10,15H2. The topological polar surface area (TPSA) is 57.4 Å². The number of rotatable bonds is 2. The second-order valence-electron chi connectivity index (χ2n) is 4.79. The van der Waals surface area contributed by atoms with Gasteiger partial charge in [-0.25, -0.2) is 4.98 Å². The maximum atomic E-state index is 5.67. The number of aromatic nitrogens is 1. The zero-order chi connectivity index (χ0) is 13.1. The van der Waals surface area contributed by atoms with Crippen LogP contribution < -0.4 is 16.0 Å². The van der Waals surface area contributed by atoms with E-state index in [0.29, 0.717) is 5.69 Å². The molecule has 0 amide bonds. The van der Waals surface area contributed by atoms with Crippen LogP contribution in [0.5, 0.6) is 0 Å². The van der Waals surface area contributed by atoms with E-state index in [-0.39, 0.29) is 0 Å². The van der Waals surface area contributed by atoms with Crippen LogP contribution in [-0.4, -0.2) is 42.6 Å². The van der Waals surface area contributed by atoms with Crippen molar-refractivity contribution in [2.24, 2.45) is 0 Å². The molecule has 0 saturated carbocycles. The number of nitrogens with zero attached hydrogens (tertiary/aromatic N) is 3. The molecule has 100 valence electrons. The molecule has 2 aliphatic rings. The number of nitrogens with one attached hydrogen (secondary N) is 1. The minimum atomic E-state index is 0.715. The normalized spacial score (nSPS) is 19.1. The molecule has 0 aliphatic carbocycles. The molecule has 0 radical (unpaired) electrons. The Bertz CT molecular complexity index is 483. The van der Waals surface area contributed by atoms with Crippen LogP contribution in [0.4, 0.5) is 11.5 Å². The number of nitrogen functional groups attached to an aromatic ring is 1. The summed E-state index contributed by atoms with van der Waals surface area (Å²) in [5.74, 6) is 1.02. The van der Waals surface area contributed by atoms with Gasteiger partial charge in [0.1, 0.15) is 5.82 Å². The van der Waals surface area contributed by atoms with Crippen molar-refractivity contribution in [3.8, 4) is 0 Å². The molecular weight excluding hydrogens is 238 g/mol. The molecule has 0 unspecified atom stereocenters. The lowest BCUT2D eigenvalue weighted by Gasteiger charge is -2.37. The summed E-state index contributed by atoms with van der Waals surface area (Å²) in [5.41, 5.74) is 7.70. The Morgan fingerprint density at radius 3 is 2.53 bits per heavy atom. The third-order valence-corrected chi connectivity index (χ3v) is 3.54. The maximum Gasteiger partial charge on any atom is 0.128 e. The molecule has 3 rings (SSSR count). The van der Waals surface area contributed by atoms with Crippen molar-refractivity contribution in [2.45, 2.75) is 0 Å². The second-order valence-corrected chi connectivity index (χ2v) is 4.79. The van der Waals surface area contributed by atoms with Gasteiger partial charge in [0.05, 0.1) is 11.9 Å². The van der Waals surface area contributed by atoms with E-state index in [1.165, 1.54) is 5.70 Å². The highest BCUT2D eigenvalue weighted by Gasteiger charge is 2.19. The van der Waals surface area contributed by atoms with Gasteiger partial charge in [0.2, 0.25) is 0 Å². The lowest BCUT2D eigenvalue weighted by Crippen LogP contribution is -2.46. The molecule has 19 heavy (non-hydrogen) atoms. The van der Waals surface area contributed by atoms with E-state index < -0.39 is 0 Å². The minimum absolute atomic E-state index is 0.715. The fraction of sp³-hybridized carbons (Fsp3) is 0.357. The zero-order valence-electron chi connectivity index (χ0n) is 10.9. The quantitative estimate of drug-likeness (QED) is 0.820. The highest BCUT2D eigenvalue weighted by molar-refractivity contribution is 5.46. The molecule has 3 N–H and O–H groups in total. The predicted octanol–water partition coefficient (Wildman–Crippen LogP) is 0.787. The van der Waals surface area contributed by atoms with Crippen LogP contribution in [0.1, 0.15) is 0 Å². The Morgan fingerprint density at radius 2 is 1.89 bits per heavy atom. The SMILES string of the molecule is Nc1ccc(N2CCN(C3=CCNC=C3)CC2)nc1. The fourth-order valence-corrected chi connectivity index (χ4v) is 2.46. The first-order valence-electron chi connectivity index (χ1n) is 6.64. The molecule has 1 saturated heterocycles. The third kappa shape index (κ3) is 2.65. The number of allylic oxidation sites excluding steroid dienone is 1. The lowest BCUT2D eigenvalue weighted by atomic mass is 10.2. The third-order valence-electron chi connectivity index (χ3n) is 3.54. The first kappa shape index (κ1) is 11.9. The lowest BCUT2D eigenvalue weighted by molar-refractivity contribution is 0.327. The number of piperazine rings is 1. The van der Waals surface area contributed by atoms with Crippen molar-refractivity contribution >= 4 is 11.5 Å². The maximum absolute atomic E-state index is 5.67. The summed E-state index contributed by atoms with van der Waals surface area (Å²) in [6, 6.07) is 3.90. The average molecular weight is 257 g/mol. The van der Waals surface area contributed by atoms with E-state index in [0.717, 1.165) is 38.5 Å². The summed E-state index contributed by atoms with van der Waals surface area (Å²) in [5, 5.41) is 3.18. The van der Waals surface area contributed by atoms with Crippen LogP contribution in [0.3, 0.4) is 0 Å². The summed E-state index contributed by atoms with van der Waals surface area (Å²) >= 11 is 0. The first-order chi connectivity index (χ1) is 9.33. The van der Waals surface area contributed by atoms with Gasteiger partial charge in [-0.15, -0.1) is 0 Å².